The second-order valence-electron chi connectivity index (χ2n) is 5.21. The number of ether oxygens (including phenoxy) is 1. The number of nitriles is 1. The Morgan fingerprint density at radius 2 is 2.11 bits per heavy atom. The van der Waals surface area contributed by atoms with E-state index in [4.69, 9.17) is 15.2 Å². The molecule has 0 unspecified atom stereocenters. The molecule has 1 amide bonds. The lowest BCUT2D eigenvalue weighted by atomic mass is 10.1. The number of carbonyl (C=O) groups excluding carboxylic acids is 2. The molecule has 1 aromatic heterocycles. The van der Waals surface area contributed by atoms with Gasteiger partial charge in [-0.3, -0.25) is 14.8 Å². The van der Waals surface area contributed by atoms with Gasteiger partial charge in [0.05, 0.1) is 24.3 Å². The summed E-state index contributed by atoms with van der Waals surface area (Å²) in [6.45, 7) is -0.424. The molecule has 0 saturated carbocycles. The van der Waals surface area contributed by atoms with E-state index in [9.17, 15) is 14.0 Å². The van der Waals surface area contributed by atoms with Gasteiger partial charge in [0.1, 0.15) is 30.0 Å². The molecule has 0 radical (unpaired) electrons. The summed E-state index contributed by atoms with van der Waals surface area (Å²) in [4.78, 5) is 27.3. The van der Waals surface area contributed by atoms with Gasteiger partial charge in [0.2, 0.25) is 5.91 Å². The standard InChI is InChI=1S/C17H14FIN4O4/c18-13-7-10(19)1-4-14(13)22-17-12(3-2-11(8-20)21-17)15(24)9-27-6-5-16(25)23-26/h1-4,7,26H,5-6,9H2,(H,21,22)(H,23,25). The smallest absolute Gasteiger partial charge is 0.245 e. The number of rotatable bonds is 8. The second-order valence-corrected chi connectivity index (χ2v) is 6.46. The van der Waals surface area contributed by atoms with Gasteiger partial charge in [-0.15, -0.1) is 0 Å². The number of nitrogens with zero attached hydrogens (tertiary/aromatic N) is 2. The Balaban J connectivity index is 2.17. The summed E-state index contributed by atoms with van der Waals surface area (Å²) in [5.41, 5.74) is 1.72. The van der Waals surface area contributed by atoms with Crippen LogP contribution in [0.5, 0.6) is 0 Å². The number of benzene rings is 1. The van der Waals surface area contributed by atoms with Gasteiger partial charge in [0.25, 0.3) is 0 Å². The van der Waals surface area contributed by atoms with Crippen molar-refractivity contribution < 1.29 is 23.9 Å². The lowest BCUT2D eigenvalue weighted by molar-refractivity contribution is -0.130. The summed E-state index contributed by atoms with van der Waals surface area (Å²) in [7, 11) is 0. The van der Waals surface area contributed by atoms with Crippen molar-refractivity contribution in [3.05, 3.63) is 51.0 Å². The van der Waals surface area contributed by atoms with E-state index < -0.39 is 17.5 Å². The number of pyridine rings is 1. The molecule has 27 heavy (non-hydrogen) atoms. The number of halogens is 2. The van der Waals surface area contributed by atoms with Crippen LogP contribution in [-0.2, 0) is 9.53 Å². The third-order valence-electron chi connectivity index (χ3n) is 3.33. The fourth-order valence-electron chi connectivity index (χ4n) is 2.02. The van der Waals surface area contributed by atoms with Crippen LogP contribution in [0.1, 0.15) is 22.5 Å². The first-order valence-electron chi connectivity index (χ1n) is 7.61. The van der Waals surface area contributed by atoms with Gasteiger partial charge in [-0.1, -0.05) is 0 Å². The quantitative estimate of drug-likeness (QED) is 0.173. The Hall–Kier alpha value is -2.62. The molecule has 10 heteroatoms. The minimum Gasteiger partial charge on any atom is -0.373 e. The van der Waals surface area contributed by atoms with Crippen molar-refractivity contribution in [1.29, 1.82) is 5.26 Å². The summed E-state index contributed by atoms with van der Waals surface area (Å²) >= 11 is 1.97. The first-order chi connectivity index (χ1) is 12.9. The first kappa shape index (κ1) is 20.7. The van der Waals surface area contributed by atoms with Gasteiger partial charge in [0.15, 0.2) is 5.78 Å². The highest BCUT2D eigenvalue weighted by Gasteiger charge is 2.16. The maximum absolute atomic E-state index is 14.1. The maximum atomic E-state index is 14.1. The molecule has 1 aromatic carbocycles. The average Bonchev–Trinajstić information content (AvgIpc) is 2.66. The van der Waals surface area contributed by atoms with Crippen molar-refractivity contribution >= 4 is 45.8 Å². The Labute approximate surface area is 167 Å². The fourth-order valence-corrected chi connectivity index (χ4v) is 2.48. The number of nitrogens with one attached hydrogen (secondary N) is 2. The Bertz CT molecular complexity index is 901. The van der Waals surface area contributed by atoms with Crippen molar-refractivity contribution in [2.75, 3.05) is 18.5 Å². The Kier molecular flexibility index (Phi) is 7.59. The van der Waals surface area contributed by atoms with Gasteiger partial charge in [-0.05, 0) is 52.9 Å². The van der Waals surface area contributed by atoms with E-state index in [2.05, 4.69) is 10.3 Å². The monoisotopic (exact) mass is 484 g/mol. The molecule has 2 rings (SSSR count). The molecule has 0 aliphatic rings. The molecule has 0 fully saturated rings. The number of hydroxylamine groups is 1. The SMILES string of the molecule is N#Cc1ccc(C(=O)COCCC(=O)NO)c(Nc2ccc(I)cc2F)n1. The van der Waals surface area contributed by atoms with Crippen molar-refractivity contribution in [2.45, 2.75) is 6.42 Å². The van der Waals surface area contributed by atoms with E-state index in [1.807, 2.05) is 28.7 Å². The molecule has 1 heterocycles. The third-order valence-corrected chi connectivity index (χ3v) is 4.00. The molecule has 0 spiro atoms. The first-order valence-corrected chi connectivity index (χ1v) is 8.69. The second kappa shape index (κ2) is 9.91. The van der Waals surface area contributed by atoms with Gasteiger partial charge in [-0.2, -0.15) is 5.26 Å². The van der Waals surface area contributed by atoms with E-state index in [0.717, 1.165) is 0 Å². The van der Waals surface area contributed by atoms with E-state index >= 15 is 0 Å². The zero-order chi connectivity index (χ0) is 19.8. The summed E-state index contributed by atoms with van der Waals surface area (Å²) in [5.74, 6) is -1.62. The number of anilines is 2. The zero-order valence-electron chi connectivity index (χ0n) is 13.8. The lowest BCUT2D eigenvalue weighted by Gasteiger charge is -2.12. The maximum Gasteiger partial charge on any atom is 0.245 e. The predicted octanol–water partition coefficient (Wildman–Crippen LogP) is 2.54. The van der Waals surface area contributed by atoms with Crippen molar-refractivity contribution in [3.8, 4) is 6.07 Å². The van der Waals surface area contributed by atoms with Crippen LogP contribution in [0, 0.1) is 20.7 Å². The molecule has 8 nitrogen and oxygen atoms in total. The van der Waals surface area contributed by atoms with Crippen LogP contribution < -0.4 is 10.8 Å². The van der Waals surface area contributed by atoms with Crippen LogP contribution in [0.25, 0.3) is 0 Å². The van der Waals surface area contributed by atoms with Crippen molar-refractivity contribution in [2.24, 2.45) is 0 Å². The highest BCUT2D eigenvalue weighted by Crippen LogP contribution is 2.24. The van der Waals surface area contributed by atoms with Crippen molar-refractivity contribution in [3.63, 3.8) is 0 Å². The summed E-state index contributed by atoms with van der Waals surface area (Å²) < 4.78 is 19.9. The zero-order valence-corrected chi connectivity index (χ0v) is 16.0. The van der Waals surface area contributed by atoms with Crippen LogP contribution in [-0.4, -0.2) is 35.1 Å². The molecule has 0 atom stereocenters. The minimum absolute atomic E-state index is 0.0239. The number of ketones is 1. The number of hydrogen-bond acceptors (Lipinski definition) is 7. The molecule has 140 valence electrons. The molecule has 0 saturated heterocycles. The summed E-state index contributed by atoms with van der Waals surface area (Å²) in [5, 5.41) is 20.1. The number of carbonyl (C=O) groups is 2. The van der Waals surface area contributed by atoms with Crippen LogP contribution in [0.15, 0.2) is 30.3 Å². The molecule has 0 aliphatic carbocycles. The normalized spacial score (nSPS) is 10.1. The molecular formula is C17H14FIN4O4. The predicted molar refractivity (Wildman–Crippen MR) is 101 cm³/mol. The lowest BCUT2D eigenvalue weighted by Crippen LogP contribution is -2.21. The van der Waals surface area contributed by atoms with Crippen LogP contribution in [0.2, 0.25) is 0 Å². The molecule has 3 N–H and O–H groups in total. The van der Waals surface area contributed by atoms with Gasteiger partial charge in [-0.25, -0.2) is 14.9 Å². The number of aromatic nitrogens is 1. The number of Topliss-reactive ketones (excluding diaryl/α,β-unsaturated/α-hetero) is 1. The third kappa shape index (κ3) is 5.95. The Morgan fingerprint density at radius 1 is 1.33 bits per heavy atom. The molecule has 2 aromatic rings. The van der Waals surface area contributed by atoms with E-state index in [0.29, 0.717) is 3.57 Å². The molecule has 0 aliphatic heterocycles. The summed E-state index contributed by atoms with van der Waals surface area (Å²) in [6.07, 6.45) is -0.117. The number of amides is 1. The van der Waals surface area contributed by atoms with Crippen molar-refractivity contribution in [1.82, 2.24) is 10.5 Å². The minimum atomic E-state index is -0.640. The molecular weight excluding hydrogens is 470 g/mol. The van der Waals surface area contributed by atoms with E-state index in [-0.39, 0.29) is 42.4 Å². The van der Waals surface area contributed by atoms with E-state index in [1.165, 1.54) is 29.7 Å². The average molecular weight is 484 g/mol. The highest BCUT2D eigenvalue weighted by molar-refractivity contribution is 14.1. The highest BCUT2D eigenvalue weighted by atomic mass is 127. The van der Waals surface area contributed by atoms with E-state index in [1.54, 1.807) is 6.07 Å². The van der Waals surface area contributed by atoms with Crippen LogP contribution in [0.4, 0.5) is 15.9 Å². The fraction of sp³-hybridized carbons (Fsp3) is 0.176. The number of hydrogen-bond donors (Lipinski definition) is 3. The van der Waals surface area contributed by atoms with Gasteiger partial charge < -0.3 is 10.1 Å². The van der Waals surface area contributed by atoms with Gasteiger partial charge >= 0.3 is 0 Å². The largest absolute Gasteiger partial charge is 0.373 e. The molecule has 0 bridgehead atoms. The van der Waals surface area contributed by atoms with Gasteiger partial charge in [0, 0.05) is 3.57 Å². The summed E-state index contributed by atoms with van der Waals surface area (Å²) in [6, 6.07) is 9.10. The topological polar surface area (TPSA) is 124 Å². The van der Waals surface area contributed by atoms with Crippen LogP contribution >= 0.6 is 22.6 Å². The van der Waals surface area contributed by atoms with Crippen LogP contribution in [0.3, 0.4) is 0 Å². The Morgan fingerprint density at radius 3 is 2.78 bits per heavy atom.